The molecule has 2 rings (SSSR count). The number of halogens is 2. The van der Waals surface area contributed by atoms with Gasteiger partial charge < -0.3 is 4.57 Å². The van der Waals surface area contributed by atoms with Crippen molar-refractivity contribution in [3.8, 4) is 11.4 Å². The van der Waals surface area contributed by atoms with Crippen molar-refractivity contribution in [1.82, 2.24) is 14.8 Å². The molecule has 84 valence electrons. The molecule has 16 heavy (non-hydrogen) atoms. The lowest BCUT2D eigenvalue weighted by atomic mass is 10.2. The van der Waals surface area contributed by atoms with Crippen LogP contribution < -0.4 is 0 Å². The third-order valence-electron chi connectivity index (χ3n) is 2.19. The SMILES string of the molecule is CSc1nnc(-c2ccc(Cl)cc2Cl)n1C. The Morgan fingerprint density at radius 3 is 2.56 bits per heavy atom. The zero-order chi connectivity index (χ0) is 11.7. The largest absolute Gasteiger partial charge is 0.305 e. The molecule has 0 radical (unpaired) electrons. The molecule has 1 aromatic heterocycles. The van der Waals surface area contributed by atoms with Gasteiger partial charge in [-0.2, -0.15) is 0 Å². The van der Waals surface area contributed by atoms with Crippen LogP contribution in [0.4, 0.5) is 0 Å². The molecule has 0 saturated heterocycles. The number of nitrogens with zero attached hydrogens (tertiary/aromatic N) is 3. The second kappa shape index (κ2) is 4.65. The first-order chi connectivity index (χ1) is 7.63. The molecule has 0 N–H and O–H groups in total. The minimum absolute atomic E-state index is 0.579. The van der Waals surface area contributed by atoms with Crippen LogP contribution in [0.15, 0.2) is 23.4 Å². The monoisotopic (exact) mass is 273 g/mol. The van der Waals surface area contributed by atoms with Gasteiger partial charge in [0.25, 0.3) is 0 Å². The van der Waals surface area contributed by atoms with Crippen molar-refractivity contribution in [1.29, 1.82) is 0 Å². The third-order valence-corrected chi connectivity index (χ3v) is 3.46. The summed E-state index contributed by atoms with van der Waals surface area (Å²) in [6.07, 6.45) is 1.96. The fourth-order valence-electron chi connectivity index (χ4n) is 1.40. The van der Waals surface area contributed by atoms with Crippen LogP contribution in [0.5, 0.6) is 0 Å². The van der Waals surface area contributed by atoms with Crippen LogP contribution in [-0.4, -0.2) is 21.0 Å². The Morgan fingerprint density at radius 1 is 1.25 bits per heavy atom. The normalized spacial score (nSPS) is 10.8. The predicted octanol–water partition coefficient (Wildman–Crippen LogP) is 3.51. The fourth-order valence-corrected chi connectivity index (χ4v) is 2.37. The third kappa shape index (κ3) is 2.05. The topological polar surface area (TPSA) is 30.7 Å². The molecule has 0 bridgehead atoms. The van der Waals surface area contributed by atoms with Crippen molar-refractivity contribution in [3.63, 3.8) is 0 Å². The van der Waals surface area contributed by atoms with Crippen molar-refractivity contribution in [2.75, 3.05) is 6.26 Å². The summed E-state index contributed by atoms with van der Waals surface area (Å²) in [5.74, 6) is 0.742. The van der Waals surface area contributed by atoms with Crippen LogP contribution >= 0.6 is 35.0 Å². The van der Waals surface area contributed by atoms with Gasteiger partial charge in [0.1, 0.15) is 0 Å². The molecule has 0 aliphatic rings. The molecule has 3 nitrogen and oxygen atoms in total. The standard InChI is InChI=1S/C10H9Cl2N3S/c1-15-9(13-14-10(15)16-2)7-4-3-6(11)5-8(7)12/h3-5H,1-2H3. The van der Waals surface area contributed by atoms with Gasteiger partial charge in [0.15, 0.2) is 11.0 Å². The molecule has 0 unspecified atom stereocenters. The number of rotatable bonds is 2. The number of benzene rings is 1. The van der Waals surface area contributed by atoms with E-state index in [1.807, 2.05) is 23.9 Å². The van der Waals surface area contributed by atoms with Crippen molar-refractivity contribution < 1.29 is 0 Å². The van der Waals surface area contributed by atoms with E-state index >= 15 is 0 Å². The van der Waals surface area contributed by atoms with E-state index in [-0.39, 0.29) is 0 Å². The highest BCUT2D eigenvalue weighted by Crippen LogP contribution is 2.30. The van der Waals surface area contributed by atoms with Crippen LogP contribution in [0.2, 0.25) is 10.0 Å². The summed E-state index contributed by atoms with van der Waals surface area (Å²) in [7, 11) is 1.91. The second-order valence-electron chi connectivity index (χ2n) is 3.19. The average molecular weight is 274 g/mol. The lowest BCUT2D eigenvalue weighted by Gasteiger charge is -2.04. The maximum Gasteiger partial charge on any atom is 0.190 e. The molecule has 0 aliphatic heterocycles. The first-order valence-corrected chi connectivity index (χ1v) is 6.50. The zero-order valence-electron chi connectivity index (χ0n) is 8.74. The molecule has 0 fully saturated rings. The Kier molecular flexibility index (Phi) is 3.42. The molecule has 1 heterocycles. The molecule has 0 spiro atoms. The quantitative estimate of drug-likeness (QED) is 0.785. The fraction of sp³-hybridized carbons (Fsp3) is 0.200. The van der Waals surface area contributed by atoms with Gasteiger partial charge in [0, 0.05) is 17.6 Å². The molecular formula is C10H9Cl2N3S. The lowest BCUT2D eigenvalue weighted by molar-refractivity contribution is 0.795. The van der Waals surface area contributed by atoms with Gasteiger partial charge in [0.2, 0.25) is 0 Å². The van der Waals surface area contributed by atoms with Gasteiger partial charge in [-0.3, -0.25) is 0 Å². The predicted molar refractivity (Wildman–Crippen MR) is 68.2 cm³/mol. The van der Waals surface area contributed by atoms with Crippen molar-refractivity contribution in [2.45, 2.75) is 5.16 Å². The van der Waals surface area contributed by atoms with E-state index in [2.05, 4.69) is 10.2 Å². The van der Waals surface area contributed by atoms with E-state index in [1.54, 1.807) is 23.9 Å². The van der Waals surface area contributed by atoms with Crippen molar-refractivity contribution >= 4 is 35.0 Å². The van der Waals surface area contributed by atoms with Gasteiger partial charge >= 0.3 is 0 Å². The minimum atomic E-state index is 0.579. The van der Waals surface area contributed by atoms with E-state index < -0.39 is 0 Å². The summed E-state index contributed by atoms with van der Waals surface area (Å²) in [6.45, 7) is 0. The number of thioether (sulfide) groups is 1. The maximum absolute atomic E-state index is 6.12. The van der Waals surface area contributed by atoms with E-state index in [9.17, 15) is 0 Å². The highest BCUT2D eigenvalue weighted by molar-refractivity contribution is 7.98. The van der Waals surface area contributed by atoms with Gasteiger partial charge in [0.05, 0.1) is 5.02 Å². The first-order valence-electron chi connectivity index (χ1n) is 4.52. The summed E-state index contributed by atoms with van der Waals surface area (Å²) >= 11 is 13.5. The zero-order valence-corrected chi connectivity index (χ0v) is 11.1. The summed E-state index contributed by atoms with van der Waals surface area (Å²) in [4.78, 5) is 0. The van der Waals surface area contributed by atoms with E-state index in [1.165, 1.54) is 0 Å². The Bertz CT molecular complexity index is 525. The Morgan fingerprint density at radius 2 is 2.00 bits per heavy atom. The van der Waals surface area contributed by atoms with Gasteiger partial charge in [-0.15, -0.1) is 10.2 Å². The van der Waals surface area contributed by atoms with Crippen molar-refractivity contribution in [2.24, 2.45) is 7.05 Å². The maximum atomic E-state index is 6.12. The van der Waals surface area contributed by atoms with Gasteiger partial charge in [-0.25, -0.2) is 0 Å². The summed E-state index contributed by atoms with van der Waals surface area (Å²) in [5.41, 5.74) is 0.835. The van der Waals surface area contributed by atoms with Crippen LogP contribution in [0.1, 0.15) is 0 Å². The van der Waals surface area contributed by atoms with Gasteiger partial charge in [-0.05, 0) is 24.5 Å². The van der Waals surface area contributed by atoms with Gasteiger partial charge in [-0.1, -0.05) is 35.0 Å². The molecule has 2 aromatic rings. The second-order valence-corrected chi connectivity index (χ2v) is 4.81. The van der Waals surface area contributed by atoms with Crippen LogP contribution in [0.25, 0.3) is 11.4 Å². The molecule has 0 atom stereocenters. The molecule has 0 aliphatic carbocycles. The Balaban J connectivity index is 2.54. The highest BCUT2D eigenvalue weighted by Gasteiger charge is 2.12. The number of hydrogen-bond donors (Lipinski definition) is 0. The van der Waals surface area contributed by atoms with E-state index in [4.69, 9.17) is 23.2 Å². The highest BCUT2D eigenvalue weighted by atomic mass is 35.5. The average Bonchev–Trinajstić information content (AvgIpc) is 2.60. The summed E-state index contributed by atoms with van der Waals surface area (Å²) < 4.78 is 1.90. The summed E-state index contributed by atoms with van der Waals surface area (Å²) in [6, 6.07) is 5.33. The van der Waals surface area contributed by atoms with E-state index in [0.717, 1.165) is 16.5 Å². The number of aromatic nitrogens is 3. The lowest BCUT2D eigenvalue weighted by Crippen LogP contribution is -1.94. The van der Waals surface area contributed by atoms with E-state index in [0.29, 0.717) is 10.0 Å². The number of hydrogen-bond acceptors (Lipinski definition) is 3. The van der Waals surface area contributed by atoms with Crippen molar-refractivity contribution in [3.05, 3.63) is 28.2 Å². The Labute approximate surface area is 108 Å². The molecule has 0 amide bonds. The van der Waals surface area contributed by atoms with Crippen LogP contribution in [0, 0.1) is 0 Å². The van der Waals surface area contributed by atoms with Crippen LogP contribution in [-0.2, 0) is 7.05 Å². The molecular weight excluding hydrogens is 265 g/mol. The molecule has 1 aromatic carbocycles. The van der Waals surface area contributed by atoms with Crippen LogP contribution in [0.3, 0.4) is 0 Å². The first kappa shape index (κ1) is 11.8. The molecule has 0 saturated carbocycles. The molecule has 6 heteroatoms. The summed E-state index contributed by atoms with van der Waals surface area (Å²) in [5, 5.41) is 10.2. The minimum Gasteiger partial charge on any atom is -0.305 e. The smallest absolute Gasteiger partial charge is 0.190 e. The Hall–Kier alpha value is -0.710.